The van der Waals surface area contributed by atoms with Crippen LogP contribution in [0.5, 0.6) is 0 Å². The molecule has 6 rings (SSSR count). The summed E-state index contributed by atoms with van der Waals surface area (Å²) in [5.74, 6) is -0.102. The van der Waals surface area contributed by atoms with Crippen molar-refractivity contribution >= 4 is 50.8 Å². The lowest BCUT2D eigenvalue weighted by Crippen LogP contribution is -2.35. The summed E-state index contributed by atoms with van der Waals surface area (Å²) in [5.41, 5.74) is 3.08. The van der Waals surface area contributed by atoms with E-state index in [1.807, 2.05) is 31.2 Å². The third-order valence-corrected chi connectivity index (χ3v) is 9.63. The number of rotatable bonds is 6. The van der Waals surface area contributed by atoms with Crippen molar-refractivity contribution < 1.29 is 13.2 Å². The van der Waals surface area contributed by atoms with Crippen LogP contribution in [0.4, 0.5) is 11.6 Å². The Labute approximate surface area is 236 Å². The Morgan fingerprint density at radius 2 is 1.67 bits per heavy atom. The quantitative estimate of drug-likeness (QED) is 0.306. The molecule has 200 valence electrons. The molecule has 2 aliphatic rings. The molecule has 4 heterocycles. The van der Waals surface area contributed by atoms with Gasteiger partial charge in [0.1, 0.15) is 12.4 Å². The van der Waals surface area contributed by atoms with Crippen molar-refractivity contribution in [1.29, 1.82) is 0 Å². The van der Waals surface area contributed by atoms with E-state index in [9.17, 15) is 13.2 Å². The fraction of sp³-hybridized carbons (Fsp3) is 0.259. The fourth-order valence-electron chi connectivity index (χ4n) is 5.32. The van der Waals surface area contributed by atoms with Crippen LogP contribution in [-0.2, 0) is 21.2 Å². The molecule has 0 spiro atoms. The molecule has 0 radical (unpaired) electrons. The summed E-state index contributed by atoms with van der Waals surface area (Å²) in [6, 6.07) is 11.5. The number of halogens is 2. The number of hydrogen-bond donors (Lipinski definition) is 0. The first kappa shape index (κ1) is 25.9. The maximum atomic E-state index is 14.0. The maximum Gasteiger partial charge on any atom is 0.260 e. The Morgan fingerprint density at radius 3 is 2.31 bits per heavy atom. The van der Waals surface area contributed by atoms with Gasteiger partial charge in [0.15, 0.2) is 5.03 Å². The lowest BCUT2D eigenvalue weighted by molar-refractivity contribution is -0.119. The van der Waals surface area contributed by atoms with E-state index < -0.39 is 16.1 Å². The van der Waals surface area contributed by atoms with Crippen LogP contribution in [0, 0.1) is 0 Å². The van der Waals surface area contributed by atoms with E-state index in [1.165, 1.54) is 26.3 Å². The maximum absolute atomic E-state index is 14.0. The van der Waals surface area contributed by atoms with Gasteiger partial charge in [-0.1, -0.05) is 47.5 Å². The number of hydrogen-bond acceptors (Lipinski definition) is 6. The second kappa shape index (κ2) is 10.0. The van der Waals surface area contributed by atoms with Gasteiger partial charge < -0.3 is 0 Å². The minimum absolute atomic E-state index is 0.00159. The molecular weight excluding hydrogens is 559 g/mol. The van der Waals surface area contributed by atoms with Crippen molar-refractivity contribution in [3.8, 4) is 11.1 Å². The van der Waals surface area contributed by atoms with E-state index >= 15 is 0 Å². The Bertz CT molecular complexity index is 1640. The average Bonchev–Trinajstić information content (AvgIpc) is 3.61. The van der Waals surface area contributed by atoms with Crippen LogP contribution < -0.4 is 4.90 Å². The second-order valence-corrected chi connectivity index (χ2v) is 12.4. The van der Waals surface area contributed by atoms with E-state index in [2.05, 4.69) is 15.0 Å². The lowest BCUT2D eigenvalue weighted by atomic mass is 10.0. The molecule has 0 aliphatic carbocycles. The third-order valence-electron chi connectivity index (χ3n) is 7.21. The fourth-order valence-corrected chi connectivity index (χ4v) is 7.67. The van der Waals surface area contributed by atoms with Crippen LogP contribution in [0.1, 0.15) is 31.4 Å². The molecule has 0 bridgehead atoms. The molecule has 12 heteroatoms. The molecule has 2 unspecified atom stereocenters. The number of fused-ring (bicyclic) bond motifs is 1. The van der Waals surface area contributed by atoms with Gasteiger partial charge in [0, 0.05) is 47.0 Å². The molecule has 1 saturated heterocycles. The largest absolute Gasteiger partial charge is 0.286 e. The van der Waals surface area contributed by atoms with Gasteiger partial charge in [-0.05, 0) is 49.1 Å². The number of sulfonamides is 1. The van der Waals surface area contributed by atoms with Gasteiger partial charge >= 0.3 is 0 Å². The van der Waals surface area contributed by atoms with Crippen molar-refractivity contribution in [3.05, 3.63) is 83.0 Å². The minimum atomic E-state index is -3.89. The molecule has 2 atom stereocenters. The number of imidazole rings is 1. The molecule has 4 aromatic rings. The third kappa shape index (κ3) is 4.61. The van der Waals surface area contributed by atoms with Crippen LogP contribution in [0.2, 0.25) is 10.0 Å². The van der Waals surface area contributed by atoms with Gasteiger partial charge in [-0.3, -0.25) is 9.36 Å². The van der Waals surface area contributed by atoms with Crippen LogP contribution in [0.25, 0.3) is 11.1 Å². The number of nitrogens with zero attached hydrogens (tertiary/aromatic N) is 6. The Morgan fingerprint density at radius 1 is 0.974 bits per heavy atom. The summed E-state index contributed by atoms with van der Waals surface area (Å²) < 4.78 is 30.6. The summed E-state index contributed by atoms with van der Waals surface area (Å²) >= 11 is 12.5. The van der Waals surface area contributed by atoms with Crippen molar-refractivity contribution in [3.63, 3.8) is 0 Å². The first-order valence-corrected chi connectivity index (χ1v) is 14.7. The number of amides is 1. The van der Waals surface area contributed by atoms with Crippen molar-refractivity contribution in [1.82, 2.24) is 23.8 Å². The lowest BCUT2D eigenvalue weighted by Gasteiger charge is -2.22. The molecule has 0 N–H and O–H groups in total. The van der Waals surface area contributed by atoms with E-state index in [4.69, 9.17) is 23.2 Å². The zero-order chi connectivity index (χ0) is 27.3. The van der Waals surface area contributed by atoms with Crippen LogP contribution in [-0.4, -0.2) is 50.7 Å². The number of aromatic nitrogens is 4. The smallest absolute Gasteiger partial charge is 0.260 e. The van der Waals surface area contributed by atoms with E-state index in [1.54, 1.807) is 30.6 Å². The predicted molar refractivity (Wildman–Crippen MR) is 149 cm³/mol. The summed E-state index contributed by atoms with van der Waals surface area (Å²) in [4.78, 5) is 27.9. The first-order valence-electron chi connectivity index (χ1n) is 12.5. The molecule has 2 aromatic carbocycles. The van der Waals surface area contributed by atoms with Crippen molar-refractivity contribution in [2.24, 2.45) is 0 Å². The number of carbonyl (C=O) groups excluding carboxylic acids is 1. The highest BCUT2D eigenvalue weighted by Crippen LogP contribution is 2.42. The van der Waals surface area contributed by atoms with E-state index in [0.29, 0.717) is 22.3 Å². The van der Waals surface area contributed by atoms with E-state index in [0.717, 1.165) is 29.5 Å². The van der Waals surface area contributed by atoms with Crippen molar-refractivity contribution in [2.45, 2.75) is 43.3 Å². The zero-order valence-corrected chi connectivity index (χ0v) is 23.2. The molecular formula is C27H24Cl2N6O3S. The van der Waals surface area contributed by atoms with Gasteiger partial charge in [-0.15, -0.1) is 0 Å². The Hall–Kier alpha value is -3.31. The zero-order valence-electron chi connectivity index (χ0n) is 20.9. The van der Waals surface area contributed by atoms with Gasteiger partial charge in [0.2, 0.25) is 5.95 Å². The molecule has 2 aliphatic heterocycles. The number of carbonyl (C=O) groups is 1. The molecule has 1 amide bonds. The highest BCUT2D eigenvalue weighted by Gasteiger charge is 2.45. The minimum Gasteiger partial charge on any atom is -0.286 e. The molecule has 1 fully saturated rings. The molecule has 2 aromatic heterocycles. The summed E-state index contributed by atoms with van der Waals surface area (Å²) in [6.07, 6.45) is 8.10. The topological polar surface area (TPSA) is 101 Å². The highest BCUT2D eigenvalue weighted by atomic mass is 35.5. The number of anilines is 2. The van der Waals surface area contributed by atoms with Gasteiger partial charge in [0.25, 0.3) is 15.9 Å². The van der Waals surface area contributed by atoms with Gasteiger partial charge in [0.05, 0.1) is 11.9 Å². The molecule has 0 saturated carbocycles. The highest BCUT2D eigenvalue weighted by molar-refractivity contribution is 7.89. The van der Waals surface area contributed by atoms with E-state index in [-0.39, 0.29) is 29.3 Å². The summed E-state index contributed by atoms with van der Waals surface area (Å²) in [6.45, 7) is 2.33. The Balaban J connectivity index is 1.42. The van der Waals surface area contributed by atoms with Crippen molar-refractivity contribution in [2.75, 3.05) is 11.4 Å². The summed E-state index contributed by atoms with van der Waals surface area (Å²) in [5, 5.41) is 0.704. The van der Waals surface area contributed by atoms with Gasteiger partial charge in [-0.25, -0.2) is 28.3 Å². The molecule has 9 nitrogen and oxygen atoms in total. The van der Waals surface area contributed by atoms with Crippen LogP contribution in [0.15, 0.2) is 72.4 Å². The first-order chi connectivity index (χ1) is 18.7. The number of benzene rings is 2. The van der Waals surface area contributed by atoms with Crippen LogP contribution in [0.3, 0.4) is 0 Å². The predicted octanol–water partition coefficient (Wildman–Crippen LogP) is 5.28. The second-order valence-electron chi connectivity index (χ2n) is 9.72. The van der Waals surface area contributed by atoms with Crippen LogP contribution >= 0.6 is 23.2 Å². The standard InChI is InChI=1S/C27H24Cl2N6O3S/c1-17-3-2-8-33(17)39(37,38)25-15-32-27-34(23-11-21(28)10-22(29)12-23)26(36)24(35(25)27)9-18-4-6-19(7-5-18)20-13-30-16-31-14-20/h4-7,10-17,24H,2-3,8-9H2,1H3. The monoisotopic (exact) mass is 582 g/mol. The average molecular weight is 584 g/mol. The SMILES string of the molecule is CC1CCCN1S(=O)(=O)c1cnc2n1C(Cc1ccc(-c3cncnc3)cc1)C(=O)N2c1cc(Cl)cc(Cl)c1. The summed E-state index contributed by atoms with van der Waals surface area (Å²) in [7, 11) is -3.89. The Kier molecular flexibility index (Phi) is 6.66. The van der Waals surface area contributed by atoms with Gasteiger partial charge in [-0.2, -0.15) is 4.31 Å². The molecule has 39 heavy (non-hydrogen) atoms. The normalized spacial score (nSPS) is 19.6.